The highest BCUT2D eigenvalue weighted by Gasteiger charge is 2.26. The summed E-state index contributed by atoms with van der Waals surface area (Å²) in [6, 6.07) is 4.36. The monoisotopic (exact) mass is 391 g/mol. The number of carbonyl (C=O) groups excluding carboxylic acids is 2. The van der Waals surface area contributed by atoms with Crippen LogP contribution in [-0.4, -0.2) is 55.2 Å². The van der Waals surface area contributed by atoms with Gasteiger partial charge in [-0.25, -0.2) is 4.79 Å². The van der Waals surface area contributed by atoms with Crippen molar-refractivity contribution in [1.82, 2.24) is 5.32 Å². The van der Waals surface area contributed by atoms with Gasteiger partial charge in [0.2, 0.25) is 0 Å². The summed E-state index contributed by atoms with van der Waals surface area (Å²) in [5, 5.41) is 14.4. The van der Waals surface area contributed by atoms with Crippen molar-refractivity contribution in [2.75, 3.05) is 31.2 Å². The number of ether oxygens (including phenoxy) is 2. The molecule has 152 valence electrons. The highest BCUT2D eigenvalue weighted by Crippen LogP contribution is 2.30. The Morgan fingerprint density at radius 2 is 1.96 bits per heavy atom. The second-order valence-electron chi connectivity index (χ2n) is 7.10. The van der Waals surface area contributed by atoms with E-state index in [-0.39, 0.29) is 23.2 Å². The van der Waals surface area contributed by atoms with Crippen molar-refractivity contribution in [2.24, 2.45) is 0 Å². The lowest BCUT2D eigenvalue weighted by Gasteiger charge is -2.28. The molecule has 2 aliphatic rings. The number of benzene rings is 1. The molecule has 9 heteroatoms. The summed E-state index contributed by atoms with van der Waals surface area (Å²) in [4.78, 5) is 37.4. The molecule has 0 bridgehead atoms. The number of nitro groups is 1. The molecule has 1 N–H and O–H groups in total. The van der Waals surface area contributed by atoms with Crippen LogP contribution in [0.1, 0.15) is 43.0 Å². The van der Waals surface area contributed by atoms with Crippen molar-refractivity contribution in [3.8, 4) is 0 Å². The summed E-state index contributed by atoms with van der Waals surface area (Å²) in [6.07, 6.45) is 3.06. The molecule has 0 spiro atoms. The maximum Gasteiger partial charge on any atom is 0.339 e. The van der Waals surface area contributed by atoms with Gasteiger partial charge in [-0.2, -0.15) is 0 Å². The Morgan fingerprint density at radius 3 is 2.61 bits per heavy atom. The minimum absolute atomic E-state index is 0.0456. The second-order valence-corrected chi connectivity index (χ2v) is 7.10. The lowest BCUT2D eigenvalue weighted by Crippen LogP contribution is -2.40. The molecule has 1 heterocycles. The molecule has 1 unspecified atom stereocenters. The van der Waals surface area contributed by atoms with Crippen molar-refractivity contribution >= 4 is 23.3 Å². The van der Waals surface area contributed by atoms with Gasteiger partial charge in [-0.1, -0.05) is 12.8 Å². The predicted molar refractivity (Wildman–Crippen MR) is 101 cm³/mol. The van der Waals surface area contributed by atoms with Crippen molar-refractivity contribution in [1.29, 1.82) is 0 Å². The quantitative estimate of drug-likeness (QED) is 0.449. The summed E-state index contributed by atoms with van der Waals surface area (Å²) in [5.74, 6) is -1.11. The molecule has 1 amide bonds. The lowest BCUT2D eigenvalue weighted by molar-refractivity contribution is -0.384. The number of hydrogen-bond donors (Lipinski definition) is 1. The van der Waals surface area contributed by atoms with Crippen LogP contribution in [0.3, 0.4) is 0 Å². The first-order chi connectivity index (χ1) is 13.5. The summed E-state index contributed by atoms with van der Waals surface area (Å²) in [6.45, 7) is 3.58. The number of anilines is 1. The third-order valence-electron chi connectivity index (χ3n) is 5.11. The van der Waals surface area contributed by atoms with Crippen LogP contribution in [-0.2, 0) is 14.3 Å². The van der Waals surface area contributed by atoms with Gasteiger partial charge in [-0.15, -0.1) is 0 Å². The average molecular weight is 391 g/mol. The molecule has 9 nitrogen and oxygen atoms in total. The van der Waals surface area contributed by atoms with Crippen LogP contribution >= 0.6 is 0 Å². The number of morpholine rings is 1. The summed E-state index contributed by atoms with van der Waals surface area (Å²) in [7, 11) is 0. The maximum atomic E-state index is 12.4. The van der Waals surface area contributed by atoms with Crippen LogP contribution in [0.4, 0.5) is 11.4 Å². The van der Waals surface area contributed by atoms with E-state index in [4.69, 9.17) is 9.47 Å². The van der Waals surface area contributed by atoms with E-state index < -0.39 is 17.0 Å². The van der Waals surface area contributed by atoms with E-state index >= 15 is 0 Å². The Bertz CT molecular complexity index is 741. The molecule has 1 aliphatic carbocycles. The van der Waals surface area contributed by atoms with E-state index in [0.717, 1.165) is 25.7 Å². The van der Waals surface area contributed by atoms with Gasteiger partial charge in [0.05, 0.1) is 23.7 Å². The van der Waals surface area contributed by atoms with Crippen LogP contribution in [0.25, 0.3) is 0 Å². The van der Waals surface area contributed by atoms with Gasteiger partial charge < -0.3 is 19.7 Å². The summed E-state index contributed by atoms with van der Waals surface area (Å²) < 4.78 is 10.5. The van der Waals surface area contributed by atoms with E-state index in [2.05, 4.69) is 5.32 Å². The van der Waals surface area contributed by atoms with Crippen LogP contribution in [0.2, 0.25) is 0 Å². The fraction of sp³-hybridized carbons (Fsp3) is 0.579. The zero-order valence-electron chi connectivity index (χ0n) is 15.9. The number of hydrogen-bond acceptors (Lipinski definition) is 7. The molecule has 0 radical (unpaired) electrons. The molecule has 1 aliphatic heterocycles. The van der Waals surface area contributed by atoms with E-state index in [1.165, 1.54) is 19.1 Å². The number of nitro benzene ring substituents is 1. The number of nitrogens with one attached hydrogen (secondary N) is 1. The maximum absolute atomic E-state index is 12.4. The van der Waals surface area contributed by atoms with Crippen molar-refractivity contribution < 1.29 is 24.0 Å². The highest BCUT2D eigenvalue weighted by molar-refractivity contribution is 5.93. The fourth-order valence-corrected chi connectivity index (χ4v) is 3.54. The van der Waals surface area contributed by atoms with Gasteiger partial charge in [0.15, 0.2) is 6.10 Å². The first-order valence-electron chi connectivity index (χ1n) is 9.58. The molecule has 3 rings (SSSR count). The topological polar surface area (TPSA) is 111 Å². The molecule has 28 heavy (non-hydrogen) atoms. The standard InChI is InChI=1S/C19H25N3O6/c1-13(18(23)20-15-4-2-3-5-15)28-19(24)14-6-7-16(17(12-14)22(25)26)21-8-10-27-11-9-21/h6-7,12-13,15H,2-5,8-11H2,1H3,(H,20,23). The zero-order valence-corrected chi connectivity index (χ0v) is 15.9. The first kappa shape index (κ1) is 20.1. The number of amides is 1. The average Bonchev–Trinajstić information content (AvgIpc) is 3.21. The lowest BCUT2D eigenvalue weighted by atomic mass is 10.1. The molecule has 1 atom stereocenters. The van der Waals surface area contributed by atoms with E-state index in [1.807, 2.05) is 4.90 Å². The Kier molecular flexibility index (Phi) is 6.45. The molecule has 0 aromatic heterocycles. The molecule has 1 aromatic carbocycles. The number of rotatable bonds is 6. The molecular weight excluding hydrogens is 366 g/mol. The molecule has 2 fully saturated rings. The highest BCUT2D eigenvalue weighted by atomic mass is 16.6. The second kappa shape index (κ2) is 9.01. The molecule has 1 saturated heterocycles. The van der Waals surface area contributed by atoms with Gasteiger partial charge in [0.1, 0.15) is 5.69 Å². The van der Waals surface area contributed by atoms with Gasteiger partial charge in [-0.3, -0.25) is 14.9 Å². The van der Waals surface area contributed by atoms with E-state index in [1.54, 1.807) is 6.07 Å². The van der Waals surface area contributed by atoms with Crippen LogP contribution in [0.15, 0.2) is 18.2 Å². The van der Waals surface area contributed by atoms with E-state index in [0.29, 0.717) is 32.0 Å². The Labute approximate surface area is 163 Å². The van der Waals surface area contributed by atoms with Crippen LogP contribution in [0, 0.1) is 10.1 Å². The minimum Gasteiger partial charge on any atom is -0.449 e. The number of carbonyl (C=O) groups is 2. The van der Waals surface area contributed by atoms with Gasteiger partial charge >= 0.3 is 5.97 Å². The third kappa shape index (κ3) is 4.78. The SMILES string of the molecule is CC(OC(=O)c1ccc(N2CCOCC2)c([N+](=O)[O-])c1)C(=O)NC1CCCC1. The Morgan fingerprint density at radius 1 is 1.29 bits per heavy atom. The smallest absolute Gasteiger partial charge is 0.339 e. The van der Waals surface area contributed by atoms with Crippen molar-refractivity contribution in [3.63, 3.8) is 0 Å². The van der Waals surface area contributed by atoms with Crippen molar-refractivity contribution in [3.05, 3.63) is 33.9 Å². The fourth-order valence-electron chi connectivity index (χ4n) is 3.54. The van der Waals surface area contributed by atoms with Crippen LogP contribution < -0.4 is 10.2 Å². The summed E-state index contributed by atoms with van der Waals surface area (Å²) >= 11 is 0. The predicted octanol–water partition coefficient (Wildman–Crippen LogP) is 2.04. The zero-order chi connectivity index (χ0) is 20.1. The molecular formula is C19H25N3O6. The summed E-state index contributed by atoms with van der Waals surface area (Å²) in [5.41, 5.74) is 0.320. The molecule has 1 aromatic rings. The minimum atomic E-state index is -0.967. The Hall–Kier alpha value is -2.68. The first-order valence-corrected chi connectivity index (χ1v) is 9.58. The van der Waals surface area contributed by atoms with Crippen LogP contribution in [0.5, 0.6) is 0 Å². The normalized spacial score (nSPS) is 18.5. The Balaban J connectivity index is 1.67. The largest absolute Gasteiger partial charge is 0.449 e. The van der Waals surface area contributed by atoms with Crippen molar-refractivity contribution in [2.45, 2.75) is 44.8 Å². The number of nitrogens with zero attached hydrogens (tertiary/aromatic N) is 2. The third-order valence-corrected chi connectivity index (χ3v) is 5.11. The molecule has 1 saturated carbocycles. The van der Waals surface area contributed by atoms with Gasteiger partial charge in [-0.05, 0) is 31.9 Å². The van der Waals surface area contributed by atoms with Gasteiger partial charge in [0.25, 0.3) is 11.6 Å². The number of esters is 1. The van der Waals surface area contributed by atoms with Gasteiger partial charge in [0, 0.05) is 25.2 Å². The van der Waals surface area contributed by atoms with E-state index in [9.17, 15) is 19.7 Å².